The van der Waals surface area contributed by atoms with Crippen LogP contribution in [0.25, 0.3) is 0 Å². The first kappa shape index (κ1) is 13.9. The van der Waals surface area contributed by atoms with Crippen molar-refractivity contribution in [3.05, 3.63) is 29.3 Å². The highest BCUT2D eigenvalue weighted by Crippen LogP contribution is 2.35. The van der Waals surface area contributed by atoms with E-state index in [1.807, 2.05) is 18.2 Å². The highest BCUT2D eigenvalue weighted by Gasteiger charge is 2.38. The van der Waals surface area contributed by atoms with E-state index in [4.69, 9.17) is 5.73 Å². The van der Waals surface area contributed by atoms with Crippen LogP contribution >= 0.6 is 0 Å². The summed E-state index contributed by atoms with van der Waals surface area (Å²) in [7, 11) is 0. The first-order valence-electron chi connectivity index (χ1n) is 7.50. The van der Waals surface area contributed by atoms with Gasteiger partial charge in [-0.1, -0.05) is 6.07 Å². The van der Waals surface area contributed by atoms with E-state index in [0.29, 0.717) is 5.92 Å². The van der Waals surface area contributed by atoms with Crippen molar-refractivity contribution in [2.24, 2.45) is 5.92 Å². The lowest BCUT2D eigenvalue weighted by Gasteiger charge is -2.21. The molecule has 0 radical (unpaired) electrons. The van der Waals surface area contributed by atoms with Gasteiger partial charge in [0.1, 0.15) is 6.04 Å². The van der Waals surface area contributed by atoms with Crippen molar-refractivity contribution in [1.29, 1.82) is 0 Å². The van der Waals surface area contributed by atoms with Gasteiger partial charge in [0.2, 0.25) is 11.8 Å². The lowest BCUT2D eigenvalue weighted by atomic mass is 10.1. The molecule has 5 heteroatoms. The zero-order chi connectivity index (χ0) is 15.0. The fourth-order valence-corrected chi connectivity index (χ4v) is 3.09. The first-order valence-corrected chi connectivity index (χ1v) is 7.50. The minimum Gasteiger partial charge on any atom is -0.399 e. The Morgan fingerprint density at radius 2 is 2.05 bits per heavy atom. The Morgan fingerprint density at radius 3 is 2.71 bits per heavy atom. The summed E-state index contributed by atoms with van der Waals surface area (Å²) >= 11 is 0. The van der Waals surface area contributed by atoms with E-state index in [2.05, 4.69) is 10.6 Å². The van der Waals surface area contributed by atoms with Crippen LogP contribution in [0.5, 0.6) is 0 Å². The number of fused-ring (bicyclic) bond motifs is 1. The van der Waals surface area contributed by atoms with Crippen LogP contribution in [0.15, 0.2) is 18.2 Å². The number of carbonyl (C=O) groups is 2. The van der Waals surface area contributed by atoms with E-state index >= 15 is 0 Å². The molecular weight excluding hydrogens is 266 g/mol. The summed E-state index contributed by atoms with van der Waals surface area (Å²) < 4.78 is 0. The molecule has 4 N–H and O–H groups in total. The van der Waals surface area contributed by atoms with Gasteiger partial charge in [0.05, 0.1) is 6.04 Å². The van der Waals surface area contributed by atoms with E-state index in [0.717, 1.165) is 36.9 Å². The molecule has 0 unspecified atom stereocenters. The number of hydrogen-bond donors (Lipinski definition) is 3. The smallest absolute Gasteiger partial charge is 0.243 e. The van der Waals surface area contributed by atoms with Crippen molar-refractivity contribution in [2.45, 2.75) is 44.7 Å². The number of nitrogen functional groups attached to an aromatic ring is 1. The molecule has 0 bridgehead atoms. The molecule has 1 aromatic carbocycles. The Balaban J connectivity index is 1.69. The number of amides is 2. The second-order valence-corrected chi connectivity index (χ2v) is 6.07. The van der Waals surface area contributed by atoms with Crippen molar-refractivity contribution in [3.63, 3.8) is 0 Å². The van der Waals surface area contributed by atoms with Crippen LogP contribution in [0.2, 0.25) is 0 Å². The van der Waals surface area contributed by atoms with Crippen molar-refractivity contribution in [3.8, 4) is 0 Å². The molecule has 0 spiro atoms. The minimum absolute atomic E-state index is 0.0307. The first-order chi connectivity index (χ1) is 10.0. The summed E-state index contributed by atoms with van der Waals surface area (Å²) in [5.41, 5.74) is 8.91. The molecule has 1 fully saturated rings. The van der Waals surface area contributed by atoms with Gasteiger partial charge in [0.25, 0.3) is 0 Å². The van der Waals surface area contributed by atoms with E-state index in [9.17, 15) is 9.59 Å². The average Bonchev–Trinajstić information content (AvgIpc) is 3.19. The van der Waals surface area contributed by atoms with Gasteiger partial charge in [-0.3, -0.25) is 9.59 Å². The standard InChI is InChI=1S/C16H21N3O2/c1-9(20)18-15(10-2-3-10)16(21)19-14-7-4-11-8-12(17)5-6-13(11)14/h5-6,8,10,14-15H,2-4,7,17H2,1H3,(H,18,20)(H,19,21)/t14-,15-/m1/s1. The largest absolute Gasteiger partial charge is 0.399 e. The van der Waals surface area contributed by atoms with Crippen molar-refractivity contribution >= 4 is 17.5 Å². The normalized spacial score (nSPS) is 21.5. The average molecular weight is 287 g/mol. The predicted octanol–water partition coefficient (Wildman–Crippen LogP) is 1.29. The lowest BCUT2D eigenvalue weighted by Crippen LogP contribution is -2.48. The molecule has 0 aliphatic heterocycles. The number of benzene rings is 1. The Hall–Kier alpha value is -2.04. The summed E-state index contributed by atoms with van der Waals surface area (Å²) in [5, 5.41) is 5.86. The highest BCUT2D eigenvalue weighted by molar-refractivity contribution is 5.87. The number of aryl methyl sites for hydroxylation is 1. The minimum atomic E-state index is -0.389. The van der Waals surface area contributed by atoms with Crippen LogP contribution in [0.3, 0.4) is 0 Å². The SMILES string of the molecule is CC(=O)N[C@@H](C(=O)N[C@@H]1CCc2cc(N)ccc21)C1CC1. The van der Waals surface area contributed by atoms with Crippen LogP contribution in [-0.2, 0) is 16.0 Å². The predicted molar refractivity (Wildman–Crippen MR) is 80.4 cm³/mol. The van der Waals surface area contributed by atoms with Gasteiger partial charge in [-0.15, -0.1) is 0 Å². The summed E-state index contributed by atoms with van der Waals surface area (Å²) in [6, 6.07) is 5.49. The van der Waals surface area contributed by atoms with Crippen LogP contribution in [0, 0.1) is 5.92 Å². The molecule has 3 rings (SSSR count). The molecule has 21 heavy (non-hydrogen) atoms. The molecule has 0 saturated heterocycles. The molecule has 0 aromatic heterocycles. The van der Waals surface area contributed by atoms with E-state index < -0.39 is 0 Å². The molecule has 1 saturated carbocycles. The van der Waals surface area contributed by atoms with Crippen LogP contribution in [-0.4, -0.2) is 17.9 Å². The van der Waals surface area contributed by atoms with Gasteiger partial charge in [-0.25, -0.2) is 0 Å². The van der Waals surface area contributed by atoms with E-state index in [-0.39, 0.29) is 23.9 Å². The maximum absolute atomic E-state index is 12.4. The second-order valence-electron chi connectivity index (χ2n) is 6.07. The number of carbonyl (C=O) groups excluding carboxylic acids is 2. The summed E-state index contributed by atoms with van der Waals surface area (Å²) in [6.45, 7) is 1.45. The Kier molecular flexibility index (Phi) is 3.57. The monoisotopic (exact) mass is 287 g/mol. The number of rotatable bonds is 4. The van der Waals surface area contributed by atoms with Gasteiger partial charge in [-0.2, -0.15) is 0 Å². The molecule has 1 aromatic rings. The number of hydrogen-bond acceptors (Lipinski definition) is 3. The summed E-state index contributed by atoms with van der Waals surface area (Å²) in [4.78, 5) is 23.7. The Labute approximate surface area is 124 Å². The zero-order valence-electron chi connectivity index (χ0n) is 12.2. The lowest BCUT2D eigenvalue weighted by molar-refractivity contribution is -0.129. The molecule has 112 valence electrons. The van der Waals surface area contributed by atoms with Crippen LogP contribution < -0.4 is 16.4 Å². The molecule has 2 aliphatic rings. The van der Waals surface area contributed by atoms with Crippen molar-refractivity contribution in [2.75, 3.05) is 5.73 Å². The maximum Gasteiger partial charge on any atom is 0.243 e. The second kappa shape index (κ2) is 5.39. The number of nitrogens with two attached hydrogens (primary N) is 1. The Bertz CT molecular complexity index is 581. The quantitative estimate of drug-likeness (QED) is 0.730. The third-order valence-corrected chi connectivity index (χ3v) is 4.30. The third-order valence-electron chi connectivity index (χ3n) is 4.30. The van der Waals surface area contributed by atoms with Gasteiger partial charge < -0.3 is 16.4 Å². The van der Waals surface area contributed by atoms with Crippen LogP contribution in [0.4, 0.5) is 5.69 Å². The molecule has 2 amide bonds. The summed E-state index contributed by atoms with van der Waals surface area (Å²) in [6.07, 6.45) is 3.84. The molecule has 0 heterocycles. The Morgan fingerprint density at radius 1 is 1.29 bits per heavy atom. The van der Waals surface area contributed by atoms with Crippen LogP contribution in [0.1, 0.15) is 43.4 Å². The molecule has 2 atom stereocenters. The fourth-order valence-electron chi connectivity index (χ4n) is 3.09. The number of anilines is 1. The van der Waals surface area contributed by atoms with Gasteiger partial charge in [-0.05, 0) is 54.9 Å². The topological polar surface area (TPSA) is 84.2 Å². The number of nitrogens with one attached hydrogen (secondary N) is 2. The molecule has 2 aliphatic carbocycles. The van der Waals surface area contributed by atoms with Gasteiger partial charge >= 0.3 is 0 Å². The molecule has 5 nitrogen and oxygen atoms in total. The summed E-state index contributed by atoms with van der Waals surface area (Å²) in [5.74, 6) is 0.0743. The maximum atomic E-state index is 12.4. The van der Waals surface area contributed by atoms with E-state index in [1.165, 1.54) is 12.5 Å². The molecular formula is C16H21N3O2. The highest BCUT2D eigenvalue weighted by atomic mass is 16.2. The van der Waals surface area contributed by atoms with Crippen molar-refractivity contribution in [1.82, 2.24) is 10.6 Å². The van der Waals surface area contributed by atoms with Gasteiger partial charge in [0, 0.05) is 12.6 Å². The van der Waals surface area contributed by atoms with E-state index in [1.54, 1.807) is 0 Å². The zero-order valence-corrected chi connectivity index (χ0v) is 12.2. The fraction of sp³-hybridized carbons (Fsp3) is 0.500. The van der Waals surface area contributed by atoms with Gasteiger partial charge in [0.15, 0.2) is 0 Å². The van der Waals surface area contributed by atoms with Crippen molar-refractivity contribution < 1.29 is 9.59 Å². The third kappa shape index (κ3) is 3.01.